The zero-order valence-electron chi connectivity index (χ0n) is 9.97. The summed E-state index contributed by atoms with van der Waals surface area (Å²) in [5.41, 5.74) is 7.48. The lowest BCUT2D eigenvalue weighted by Gasteiger charge is -2.42. The summed E-state index contributed by atoms with van der Waals surface area (Å²) in [6.07, 6.45) is 2.05. The summed E-state index contributed by atoms with van der Waals surface area (Å²) in [7, 11) is 0. The zero-order chi connectivity index (χ0) is 12.9. The number of piperidine rings is 1. The van der Waals surface area contributed by atoms with E-state index in [1.807, 2.05) is 0 Å². The number of carbonyl (C=O) groups excluding carboxylic acids is 1. The van der Waals surface area contributed by atoms with Crippen molar-refractivity contribution in [1.29, 1.82) is 0 Å². The average Bonchev–Trinajstić information content (AvgIpc) is 2.32. The summed E-state index contributed by atoms with van der Waals surface area (Å²) in [5.74, 6) is 0.103. The summed E-state index contributed by atoms with van der Waals surface area (Å²) >= 11 is 0. The number of carbonyl (C=O) groups is 1. The van der Waals surface area contributed by atoms with Crippen LogP contribution in [0.4, 0.5) is 0 Å². The molecule has 0 aliphatic carbocycles. The van der Waals surface area contributed by atoms with Crippen molar-refractivity contribution in [2.45, 2.75) is 31.3 Å². The molecule has 4 N–H and O–H groups in total. The van der Waals surface area contributed by atoms with Gasteiger partial charge < -0.3 is 20.8 Å². The van der Waals surface area contributed by atoms with Gasteiger partial charge in [0.1, 0.15) is 11.5 Å². The van der Waals surface area contributed by atoms with Gasteiger partial charge in [0, 0.05) is 18.2 Å². The maximum atomic E-state index is 12.0. The van der Waals surface area contributed by atoms with Crippen molar-refractivity contribution in [1.82, 2.24) is 4.90 Å². The number of nitrogens with two attached hydrogens (primary N) is 1. The summed E-state index contributed by atoms with van der Waals surface area (Å²) in [6, 6.07) is 2.50. The molecule has 1 amide bonds. The molecule has 5 heteroatoms. The zero-order valence-corrected chi connectivity index (χ0v) is 9.97. The predicted octanol–water partition coefficient (Wildman–Crippen LogP) is 0.645. The van der Waals surface area contributed by atoms with E-state index >= 15 is 0 Å². The second kappa shape index (κ2) is 3.88. The Morgan fingerprint density at radius 2 is 2.06 bits per heavy atom. The molecule has 18 heavy (non-hydrogen) atoms. The molecule has 1 saturated heterocycles. The Labute approximate surface area is 105 Å². The van der Waals surface area contributed by atoms with Crippen LogP contribution in [0.3, 0.4) is 0 Å². The molecular formula is C13H16N2O3. The summed E-state index contributed by atoms with van der Waals surface area (Å²) in [6.45, 7) is 0.604. The average molecular weight is 248 g/mol. The highest BCUT2D eigenvalue weighted by atomic mass is 16.3. The van der Waals surface area contributed by atoms with Crippen LogP contribution in [0.1, 0.15) is 30.0 Å². The van der Waals surface area contributed by atoms with Crippen molar-refractivity contribution < 1.29 is 15.0 Å². The SMILES string of the molecule is N[C@H]1CC[C@@H]2c3c(O)cc(O)cc3CCN2C1=O. The van der Waals surface area contributed by atoms with Crippen molar-refractivity contribution in [2.75, 3.05) is 6.54 Å². The predicted molar refractivity (Wildman–Crippen MR) is 65.1 cm³/mol. The molecule has 0 bridgehead atoms. The highest BCUT2D eigenvalue weighted by Crippen LogP contribution is 2.42. The molecule has 0 aromatic heterocycles. The van der Waals surface area contributed by atoms with Gasteiger partial charge in [-0.25, -0.2) is 0 Å². The molecule has 2 heterocycles. The van der Waals surface area contributed by atoms with Gasteiger partial charge in [0.15, 0.2) is 0 Å². The first-order chi connectivity index (χ1) is 8.58. The number of fused-ring (bicyclic) bond motifs is 3. The normalized spacial score (nSPS) is 26.7. The number of amides is 1. The highest BCUT2D eigenvalue weighted by Gasteiger charge is 2.38. The van der Waals surface area contributed by atoms with Crippen LogP contribution in [0.15, 0.2) is 12.1 Å². The molecule has 1 aromatic carbocycles. The lowest BCUT2D eigenvalue weighted by Crippen LogP contribution is -2.52. The van der Waals surface area contributed by atoms with Crippen molar-refractivity contribution in [2.24, 2.45) is 5.73 Å². The smallest absolute Gasteiger partial charge is 0.240 e. The van der Waals surface area contributed by atoms with E-state index in [4.69, 9.17) is 5.73 Å². The maximum Gasteiger partial charge on any atom is 0.240 e. The lowest BCUT2D eigenvalue weighted by molar-refractivity contribution is -0.138. The molecule has 1 aromatic rings. The van der Waals surface area contributed by atoms with E-state index in [9.17, 15) is 15.0 Å². The number of rotatable bonds is 0. The first-order valence-corrected chi connectivity index (χ1v) is 6.18. The van der Waals surface area contributed by atoms with Crippen molar-refractivity contribution in [3.8, 4) is 11.5 Å². The molecule has 2 aliphatic rings. The second-order valence-corrected chi connectivity index (χ2v) is 5.02. The molecule has 1 fully saturated rings. The Kier molecular flexibility index (Phi) is 2.45. The molecule has 2 atom stereocenters. The van der Waals surface area contributed by atoms with Crippen molar-refractivity contribution >= 4 is 5.91 Å². The van der Waals surface area contributed by atoms with Gasteiger partial charge in [-0.2, -0.15) is 0 Å². The summed E-state index contributed by atoms with van der Waals surface area (Å²) in [5, 5.41) is 19.5. The molecule has 0 saturated carbocycles. The molecule has 3 rings (SSSR count). The van der Waals surface area contributed by atoms with Crippen LogP contribution < -0.4 is 5.73 Å². The van der Waals surface area contributed by atoms with Crippen LogP contribution in [0.5, 0.6) is 11.5 Å². The van der Waals surface area contributed by atoms with Gasteiger partial charge in [-0.05, 0) is 30.9 Å². The fourth-order valence-corrected chi connectivity index (χ4v) is 3.06. The molecule has 2 aliphatic heterocycles. The van der Waals surface area contributed by atoms with Crippen molar-refractivity contribution in [3.05, 3.63) is 23.3 Å². The number of phenols is 2. The number of hydrogen-bond acceptors (Lipinski definition) is 4. The van der Waals surface area contributed by atoms with Gasteiger partial charge in [0.05, 0.1) is 12.1 Å². The minimum absolute atomic E-state index is 0.0376. The second-order valence-electron chi connectivity index (χ2n) is 5.02. The first-order valence-electron chi connectivity index (χ1n) is 6.18. The van der Waals surface area contributed by atoms with E-state index in [0.717, 1.165) is 17.5 Å². The van der Waals surface area contributed by atoms with E-state index in [1.165, 1.54) is 6.07 Å². The summed E-state index contributed by atoms with van der Waals surface area (Å²) < 4.78 is 0. The lowest BCUT2D eigenvalue weighted by atomic mass is 9.84. The van der Waals surface area contributed by atoms with Gasteiger partial charge in [-0.3, -0.25) is 4.79 Å². The Bertz CT molecular complexity index is 515. The quantitative estimate of drug-likeness (QED) is 0.629. The molecule has 0 radical (unpaired) electrons. The van der Waals surface area contributed by atoms with Crippen LogP contribution in [-0.4, -0.2) is 33.6 Å². The first kappa shape index (κ1) is 11.3. The number of nitrogens with zero attached hydrogens (tertiary/aromatic N) is 1. The topological polar surface area (TPSA) is 86.8 Å². The third kappa shape index (κ3) is 1.54. The van der Waals surface area contributed by atoms with Crippen LogP contribution in [-0.2, 0) is 11.2 Å². The molecular weight excluding hydrogens is 232 g/mol. The van der Waals surface area contributed by atoms with Crippen LogP contribution >= 0.6 is 0 Å². The Hall–Kier alpha value is -1.75. The Balaban J connectivity index is 2.06. The van der Waals surface area contributed by atoms with E-state index < -0.39 is 6.04 Å². The number of aromatic hydroxyl groups is 2. The number of phenolic OH excluding ortho intramolecular Hbond substituents is 2. The third-order valence-electron chi connectivity index (χ3n) is 3.91. The van der Waals surface area contributed by atoms with Gasteiger partial charge in [-0.15, -0.1) is 0 Å². The minimum atomic E-state index is -0.415. The van der Waals surface area contributed by atoms with E-state index in [0.29, 0.717) is 19.4 Å². The van der Waals surface area contributed by atoms with Gasteiger partial charge in [-0.1, -0.05) is 0 Å². The van der Waals surface area contributed by atoms with Crippen LogP contribution in [0, 0.1) is 0 Å². The maximum absolute atomic E-state index is 12.0. The van der Waals surface area contributed by atoms with E-state index in [2.05, 4.69) is 0 Å². The summed E-state index contributed by atoms with van der Waals surface area (Å²) in [4.78, 5) is 13.8. The van der Waals surface area contributed by atoms with Gasteiger partial charge in [0.2, 0.25) is 5.91 Å². The Morgan fingerprint density at radius 3 is 2.83 bits per heavy atom. The van der Waals surface area contributed by atoms with Gasteiger partial charge >= 0.3 is 0 Å². The molecule has 5 nitrogen and oxygen atoms in total. The number of benzene rings is 1. The van der Waals surface area contributed by atoms with Gasteiger partial charge in [0.25, 0.3) is 0 Å². The van der Waals surface area contributed by atoms with Crippen molar-refractivity contribution in [3.63, 3.8) is 0 Å². The van der Waals surface area contributed by atoms with Crippen LogP contribution in [0.2, 0.25) is 0 Å². The standard InChI is InChI=1S/C13H16N2O3/c14-9-1-2-10-12-7(3-4-15(10)13(9)18)5-8(16)6-11(12)17/h5-6,9-10,16-17H,1-4,14H2/t9-,10+/m0/s1. The molecule has 0 unspecified atom stereocenters. The molecule has 0 spiro atoms. The minimum Gasteiger partial charge on any atom is -0.508 e. The third-order valence-corrected chi connectivity index (χ3v) is 3.91. The highest BCUT2D eigenvalue weighted by molar-refractivity contribution is 5.83. The van der Waals surface area contributed by atoms with E-state index in [1.54, 1.807) is 11.0 Å². The Morgan fingerprint density at radius 1 is 1.28 bits per heavy atom. The van der Waals surface area contributed by atoms with E-state index in [-0.39, 0.29) is 23.4 Å². The fourth-order valence-electron chi connectivity index (χ4n) is 3.06. The monoisotopic (exact) mass is 248 g/mol. The largest absolute Gasteiger partial charge is 0.508 e. The fraction of sp³-hybridized carbons (Fsp3) is 0.462. The number of hydrogen-bond donors (Lipinski definition) is 3. The van der Waals surface area contributed by atoms with Crippen LogP contribution in [0.25, 0.3) is 0 Å². The molecule has 96 valence electrons.